The number of sulfonamides is 1. The molecular weight excluding hydrogens is 263 g/mol. The van der Waals surface area contributed by atoms with E-state index >= 15 is 0 Å². The van der Waals surface area contributed by atoms with Crippen LogP contribution in [-0.2, 0) is 14.8 Å². The highest BCUT2D eigenvalue weighted by molar-refractivity contribution is 7.89. The molecule has 2 N–H and O–H groups in total. The zero-order chi connectivity index (χ0) is 13.4. The summed E-state index contributed by atoms with van der Waals surface area (Å²) in [6, 6.07) is 2.35. The predicted octanol–water partition coefficient (Wildman–Crippen LogP) is -0.102. The fourth-order valence-electron chi connectivity index (χ4n) is 1.18. The van der Waals surface area contributed by atoms with Crippen LogP contribution in [0.2, 0.25) is 0 Å². The third-order valence-corrected chi connectivity index (χ3v) is 3.37. The second-order valence-electron chi connectivity index (χ2n) is 3.38. The van der Waals surface area contributed by atoms with E-state index in [0.29, 0.717) is 13.0 Å². The van der Waals surface area contributed by atoms with E-state index in [4.69, 9.17) is 9.84 Å². The first-order valence-corrected chi connectivity index (χ1v) is 6.85. The number of aliphatic hydroxyl groups is 1. The molecule has 1 aromatic heterocycles. The van der Waals surface area contributed by atoms with Crippen molar-refractivity contribution in [2.45, 2.75) is 11.4 Å². The summed E-state index contributed by atoms with van der Waals surface area (Å²) in [5.41, 5.74) is 0. The molecule has 0 aliphatic carbocycles. The fraction of sp³-hybridized carbons (Fsp3) is 0.500. The molecule has 1 aromatic rings. The maximum atomic E-state index is 13.2. The Labute approximate surface area is 105 Å². The Morgan fingerprint density at radius 1 is 1.44 bits per heavy atom. The highest BCUT2D eigenvalue weighted by Gasteiger charge is 2.19. The van der Waals surface area contributed by atoms with Gasteiger partial charge in [-0.3, -0.25) is 0 Å². The van der Waals surface area contributed by atoms with Crippen LogP contribution < -0.4 is 4.72 Å². The molecule has 0 spiro atoms. The highest BCUT2D eigenvalue weighted by atomic mass is 32.2. The number of pyridine rings is 1. The molecule has 1 heterocycles. The van der Waals surface area contributed by atoms with Crippen molar-refractivity contribution in [2.75, 3.05) is 26.4 Å². The van der Waals surface area contributed by atoms with Gasteiger partial charge in [-0.2, -0.15) is 0 Å². The van der Waals surface area contributed by atoms with E-state index in [9.17, 15) is 12.8 Å². The Bertz CT molecular complexity index is 467. The number of halogens is 1. The Kier molecular flexibility index (Phi) is 6.13. The summed E-state index contributed by atoms with van der Waals surface area (Å²) >= 11 is 0. The number of rotatable bonds is 8. The lowest BCUT2D eigenvalue weighted by Crippen LogP contribution is -2.27. The average molecular weight is 278 g/mol. The summed E-state index contributed by atoms with van der Waals surface area (Å²) in [6.45, 7) is 0.560. The summed E-state index contributed by atoms with van der Waals surface area (Å²) in [4.78, 5) is 3.49. The number of nitrogens with zero attached hydrogens (tertiary/aromatic N) is 1. The molecule has 0 aliphatic heterocycles. The van der Waals surface area contributed by atoms with Gasteiger partial charge in [-0.05, 0) is 18.6 Å². The Balaban J connectivity index is 2.44. The van der Waals surface area contributed by atoms with Crippen molar-refractivity contribution < 1.29 is 22.7 Å². The molecule has 0 radical (unpaired) electrons. The van der Waals surface area contributed by atoms with Gasteiger partial charge >= 0.3 is 0 Å². The lowest BCUT2D eigenvalue weighted by atomic mass is 10.5. The third-order valence-electron chi connectivity index (χ3n) is 1.97. The van der Waals surface area contributed by atoms with Crippen LogP contribution in [0.25, 0.3) is 0 Å². The van der Waals surface area contributed by atoms with Crippen molar-refractivity contribution in [3.63, 3.8) is 0 Å². The number of hydrogen-bond acceptors (Lipinski definition) is 5. The van der Waals surface area contributed by atoms with Gasteiger partial charge in [0.1, 0.15) is 0 Å². The Morgan fingerprint density at radius 3 is 2.89 bits per heavy atom. The number of hydrogen-bond donors (Lipinski definition) is 2. The molecule has 0 unspecified atom stereocenters. The summed E-state index contributed by atoms with van der Waals surface area (Å²) < 4.78 is 43.7. The van der Waals surface area contributed by atoms with Crippen molar-refractivity contribution in [3.8, 4) is 0 Å². The van der Waals surface area contributed by atoms with Gasteiger partial charge in [0, 0.05) is 19.3 Å². The van der Waals surface area contributed by atoms with Crippen LogP contribution >= 0.6 is 0 Å². The average Bonchev–Trinajstić information content (AvgIpc) is 2.34. The monoisotopic (exact) mass is 278 g/mol. The minimum atomic E-state index is -3.92. The van der Waals surface area contributed by atoms with E-state index in [0.717, 1.165) is 6.07 Å². The van der Waals surface area contributed by atoms with E-state index < -0.39 is 20.9 Å². The zero-order valence-corrected chi connectivity index (χ0v) is 10.5. The largest absolute Gasteiger partial charge is 0.394 e. The maximum absolute atomic E-state index is 13.2. The van der Waals surface area contributed by atoms with Crippen LogP contribution in [0.4, 0.5) is 4.39 Å². The Morgan fingerprint density at radius 2 is 2.22 bits per heavy atom. The van der Waals surface area contributed by atoms with E-state index in [1.807, 2.05) is 0 Å². The molecule has 0 amide bonds. The fourth-order valence-corrected chi connectivity index (χ4v) is 2.26. The predicted molar refractivity (Wildman–Crippen MR) is 61.9 cm³/mol. The van der Waals surface area contributed by atoms with Gasteiger partial charge in [0.2, 0.25) is 5.03 Å². The van der Waals surface area contributed by atoms with E-state index in [1.165, 1.54) is 12.3 Å². The lowest BCUT2D eigenvalue weighted by Gasteiger charge is -2.06. The minimum Gasteiger partial charge on any atom is -0.394 e. The van der Waals surface area contributed by atoms with Crippen LogP contribution in [-0.4, -0.2) is 44.9 Å². The smallest absolute Gasteiger partial charge is 0.261 e. The van der Waals surface area contributed by atoms with Crippen LogP contribution in [0.15, 0.2) is 23.4 Å². The number of ether oxygens (including phenoxy) is 1. The summed E-state index contributed by atoms with van der Waals surface area (Å²) in [6.07, 6.45) is 1.63. The van der Waals surface area contributed by atoms with Crippen LogP contribution in [0.5, 0.6) is 0 Å². The standard InChI is InChI=1S/C10H15FN2O4S/c11-9-3-1-4-12-10(9)18(15,16)13-5-2-7-17-8-6-14/h1,3-4,13-14H,2,5-8H2. The van der Waals surface area contributed by atoms with Gasteiger partial charge in [0.15, 0.2) is 5.82 Å². The highest BCUT2D eigenvalue weighted by Crippen LogP contribution is 2.09. The van der Waals surface area contributed by atoms with Crippen molar-refractivity contribution in [3.05, 3.63) is 24.1 Å². The molecule has 1 rings (SSSR count). The minimum absolute atomic E-state index is 0.0785. The maximum Gasteiger partial charge on any atom is 0.261 e. The van der Waals surface area contributed by atoms with Gasteiger partial charge in [0.25, 0.3) is 10.0 Å². The Hall–Kier alpha value is -1.09. The first-order valence-electron chi connectivity index (χ1n) is 5.36. The molecule has 0 bridgehead atoms. The molecule has 6 nitrogen and oxygen atoms in total. The van der Waals surface area contributed by atoms with E-state index in [1.54, 1.807) is 0 Å². The van der Waals surface area contributed by atoms with Gasteiger partial charge in [-0.25, -0.2) is 22.5 Å². The van der Waals surface area contributed by atoms with Crippen molar-refractivity contribution in [1.29, 1.82) is 0 Å². The second-order valence-corrected chi connectivity index (χ2v) is 5.06. The summed E-state index contributed by atoms with van der Waals surface area (Å²) in [5.74, 6) is -0.887. The van der Waals surface area contributed by atoms with E-state index in [2.05, 4.69) is 9.71 Å². The van der Waals surface area contributed by atoms with Crippen LogP contribution in [0, 0.1) is 5.82 Å². The SMILES string of the molecule is O=S(=O)(NCCCOCCO)c1ncccc1F. The molecule has 0 atom stereocenters. The molecule has 0 saturated carbocycles. The number of aliphatic hydroxyl groups excluding tert-OH is 1. The quantitative estimate of drug-likeness (QED) is 0.648. The van der Waals surface area contributed by atoms with Gasteiger partial charge in [-0.15, -0.1) is 0 Å². The van der Waals surface area contributed by atoms with Crippen molar-refractivity contribution in [1.82, 2.24) is 9.71 Å². The lowest BCUT2D eigenvalue weighted by molar-refractivity contribution is 0.0913. The first kappa shape index (κ1) is 15.0. The van der Waals surface area contributed by atoms with E-state index in [-0.39, 0.29) is 19.8 Å². The molecule has 0 aliphatic rings. The number of aromatic nitrogens is 1. The second kappa shape index (κ2) is 7.37. The molecule has 18 heavy (non-hydrogen) atoms. The topological polar surface area (TPSA) is 88.5 Å². The zero-order valence-electron chi connectivity index (χ0n) is 9.67. The normalized spacial score (nSPS) is 11.7. The molecule has 0 saturated heterocycles. The van der Waals surface area contributed by atoms with Crippen molar-refractivity contribution >= 4 is 10.0 Å². The summed E-state index contributed by atoms with van der Waals surface area (Å²) in [7, 11) is -3.92. The molecular formula is C10H15FN2O4S. The third kappa shape index (κ3) is 4.65. The molecule has 0 fully saturated rings. The van der Waals surface area contributed by atoms with Crippen molar-refractivity contribution in [2.24, 2.45) is 0 Å². The molecule has 8 heteroatoms. The van der Waals surface area contributed by atoms with Gasteiger partial charge < -0.3 is 9.84 Å². The summed E-state index contributed by atoms with van der Waals surface area (Å²) in [5, 5.41) is 7.83. The van der Waals surface area contributed by atoms with Crippen LogP contribution in [0.3, 0.4) is 0 Å². The number of nitrogens with one attached hydrogen (secondary N) is 1. The van der Waals surface area contributed by atoms with Gasteiger partial charge in [0.05, 0.1) is 13.2 Å². The van der Waals surface area contributed by atoms with Crippen LogP contribution in [0.1, 0.15) is 6.42 Å². The first-order chi connectivity index (χ1) is 8.58. The molecule has 0 aromatic carbocycles. The molecule has 102 valence electrons. The van der Waals surface area contributed by atoms with Gasteiger partial charge in [-0.1, -0.05) is 0 Å².